The summed E-state index contributed by atoms with van der Waals surface area (Å²) in [6.45, 7) is 3.27. The Morgan fingerprint density at radius 3 is 2.38 bits per heavy atom. The monoisotopic (exact) mass is 363 g/mol. The Morgan fingerprint density at radius 2 is 1.62 bits per heavy atom. The molecule has 0 spiro atoms. The second-order valence-corrected chi connectivity index (χ2v) is 7.38. The summed E-state index contributed by atoms with van der Waals surface area (Å²) in [7, 11) is 0. The molecule has 1 saturated heterocycles. The first kappa shape index (κ1) is 16.8. The molecule has 0 radical (unpaired) electrons. The number of rotatable bonds is 3. The van der Waals surface area contributed by atoms with Crippen molar-refractivity contribution in [2.45, 2.75) is 6.42 Å². The van der Waals surface area contributed by atoms with Crippen LogP contribution in [0.2, 0.25) is 0 Å². The van der Waals surface area contributed by atoms with Gasteiger partial charge in [-0.3, -0.25) is 4.79 Å². The van der Waals surface area contributed by atoms with Gasteiger partial charge in [-0.1, -0.05) is 59.9 Å². The second-order valence-electron chi connectivity index (χ2n) is 6.37. The first-order chi connectivity index (χ1) is 12.8. The number of aromatic nitrogens is 1. The summed E-state index contributed by atoms with van der Waals surface area (Å²) >= 11 is 1.72. The van der Waals surface area contributed by atoms with Crippen LogP contribution in [0.4, 0.5) is 5.13 Å². The fraction of sp³-hybridized carbons (Fsp3) is 0.238. The molecule has 0 atom stereocenters. The lowest BCUT2D eigenvalue weighted by molar-refractivity contribution is 0.0767. The minimum atomic E-state index is 0.122. The van der Waals surface area contributed by atoms with Gasteiger partial charge in [0.25, 0.3) is 5.91 Å². The standard InChI is InChI=1S/C21H21N3OS/c25-20(18-10-5-2-6-11-18)23-12-7-13-24(15-14-23)21-22-16-19(26-21)17-8-3-1-4-9-17/h1-6,8-11,16H,7,12-15H2. The topological polar surface area (TPSA) is 36.4 Å². The highest BCUT2D eigenvalue weighted by molar-refractivity contribution is 7.18. The van der Waals surface area contributed by atoms with Crippen LogP contribution >= 0.6 is 11.3 Å². The smallest absolute Gasteiger partial charge is 0.253 e. The van der Waals surface area contributed by atoms with Crippen molar-refractivity contribution in [3.63, 3.8) is 0 Å². The van der Waals surface area contributed by atoms with Gasteiger partial charge in [-0.05, 0) is 24.1 Å². The van der Waals surface area contributed by atoms with E-state index in [1.807, 2.05) is 59.6 Å². The molecular weight excluding hydrogens is 342 g/mol. The highest BCUT2D eigenvalue weighted by atomic mass is 32.1. The Balaban J connectivity index is 1.44. The Kier molecular flexibility index (Phi) is 4.97. The predicted octanol–water partition coefficient (Wildman–Crippen LogP) is 4.16. The van der Waals surface area contributed by atoms with Gasteiger partial charge in [0.15, 0.2) is 5.13 Å². The SMILES string of the molecule is O=C(c1ccccc1)N1CCCN(c2ncc(-c3ccccc3)s2)CC1. The molecular formula is C21H21N3OS. The minimum Gasteiger partial charge on any atom is -0.346 e. The molecule has 4 nitrogen and oxygen atoms in total. The Morgan fingerprint density at radius 1 is 0.885 bits per heavy atom. The molecule has 132 valence electrons. The van der Waals surface area contributed by atoms with Gasteiger partial charge in [-0.25, -0.2) is 4.98 Å². The Labute approximate surface area is 157 Å². The third-order valence-corrected chi connectivity index (χ3v) is 5.73. The maximum absolute atomic E-state index is 12.7. The van der Waals surface area contributed by atoms with Crippen LogP contribution in [0, 0.1) is 0 Å². The van der Waals surface area contributed by atoms with Gasteiger partial charge in [0.2, 0.25) is 0 Å². The molecule has 0 bridgehead atoms. The van der Waals surface area contributed by atoms with E-state index in [2.05, 4.69) is 22.0 Å². The lowest BCUT2D eigenvalue weighted by Crippen LogP contribution is -2.35. The summed E-state index contributed by atoms with van der Waals surface area (Å²) in [4.78, 5) is 22.7. The second kappa shape index (κ2) is 7.70. The molecule has 1 aliphatic rings. The van der Waals surface area contributed by atoms with Crippen molar-refractivity contribution < 1.29 is 4.79 Å². The van der Waals surface area contributed by atoms with E-state index in [-0.39, 0.29) is 5.91 Å². The number of amides is 1. The number of benzene rings is 2. The van der Waals surface area contributed by atoms with E-state index >= 15 is 0 Å². The van der Waals surface area contributed by atoms with Crippen LogP contribution in [0.25, 0.3) is 10.4 Å². The summed E-state index contributed by atoms with van der Waals surface area (Å²) in [5.74, 6) is 0.122. The van der Waals surface area contributed by atoms with E-state index in [9.17, 15) is 4.79 Å². The average Bonchev–Trinajstić information content (AvgIpc) is 3.07. The normalized spacial score (nSPS) is 14.9. The Bertz CT molecular complexity index is 863. The number of nitrogens with zero attached hydrogens (tertiary/aromatic N) is 3. The molecule has 1 aromatic heterocycles. The fourth-order valence-corrected chi connectivity index (χ4v) is 4.20. The number of carbonyl (C=O) groups is 1. The van der Waals surface area contributed by atoms with Crippen molar-refractivity contribution in [1.29, 1.82) is 0 Å². The lowest BCUT2D eigenvalue weighted by atomic mass is 10.2. The molecule has 5 heteroatoms. The maximum atomic E-state index is 12.7. The number of thiazole rings is 1. The van der Waals surface area contributed by atoms with E-state index in [1.165, 1.54) is 10.4 Å². The zero-order valence-electron chi connectivity index (χ0n) is 14.5. The third-order valence-electron chi connectivity index (χ3n) is 4.63. The van der Waals surface area contributed by atoms with Crippen molar-refractivity contribution in [2.75, 3.05) is 31.1 Å². The third kappa shape index (κ3) is 3.63. The van der Waals surface area contributed by atoms with Crippen molar-refractivity contribution in [2.24, 2.45) is 0 Å². The number of hydrogen-bond donors (Lipinski definition) is 0. The minimum absolute atomic E-state index is 0.122. The predicted molar refractivity (Wildman–Crippen MR) is 107 cm³/mol. The van der Waals surface area contributed by atoms with Crippen molar-refractivity contribution >= 4 is 22.4 Å². The van der Waals surface area contributed by atoms with Gasteiger partial charge in [0.1, 0.15) is 0 Å². The number of carbonyl (C=O) groups excluding carboxylic acids is 1. The van der Waals surface area contributed by atoms with E-state index in [1.54, 1.807) is 11.3 Å². The summed E-state index contributed by atoms with van der Waals surface area (Å²) in [6.07, 6.45) is 2.91. The first-order valence-electron chi connectivity index (χ1n) is 8.92. The van der Waals surface area contributed by atoms with Gasteiger partial charge < -0.3 is 9.80 Å². The molecule has 1 aliphatic heterocycles. The van der Waals surface area contributed by atoms with Crippen LogP contribution in [0.5, 0.6) is 0 Å². The summed E-state index contributed by atoms with van der Waals surface area (Å²) in [5, 5.41) is 1.04. The van der Waals surface area contributed by atoms with Crippen molar-refractivity contribution in [3.05, 3.63) is 72.4 Å². The molecule has 4 rings (SSSR count). The van der Waals surface area contributed by atoms with Crippen LogP contribution in [0.3, 0.4) is 0 Å². The fourth-order valence-electron chi connectivity index (χ4n) is 3.22. The van der Waals surface area contributed by atoms with Gasteiger partial charge in [-0.15, -0.1) is 0 Å². The molecule has 0 unspecified atom stereocenters. The highest BCUT2D eigenvalue weighted by Gasteiger charge is 2.21. The first-order valence-corrected chi connectivity index (χ1v) is 9.73. The zero-order chi connectivity index (χ0) is 17.8. The van der Waals surface area contributed by atoms with Gasteiger partial charge in [0, 0.05) is 37.9 Å². The van der Waals surface area contributed by atoms with Crippen LogP contribution in [0.1, 0.15) is 16.8 Å². The highest BCUT2D eigenvalue weighted by Crippen LogP contribution is 2.31. The quantitative estimate of drug-likeness (QED) is 0.701. The van der Waals surface area contributed by atoms with Crippen LogP contribution in [-0.4, -0.2) is 42.0 Å². The summed E-state index contributed by atoms with van der Waals surface area (Å²) in [6, 6.07) is 19.9. The molecule has 2 aromatic carbocycles. The van der Waals surface area contributed by atoms with Crippen molar-refractivity contribution in [1.82, 2.24) is 9.88 Å². The molecule has 0 N–H and O–H groups in total. The van der Waals surface area contributed by atoms with Crippen LogP contribution in [-0.2, 0) is 0 Å². The van der Waals surface area contributed by atoms with Gasteiger partial charge >= 0.3 is 0 Å². The zero-order valence-corrected chi connectivity index (χ0v) is 15.4. The number of hydrogen-bond acceptors (Lipinski definition) is 4. The lowest BCUT2D eigenvalue weighted by Gasteiger charge is -2.21. The summed E-state index contributed by atoms with van der Waals surface area (Å²) in [5.41, 5.74) is 1.97. The van der Waals surface area contributed by atoms with Gasteiger partial charge in [0.05, 0.1) is 4.88 Å². The molecule has 0 saturated carbocycles. The molecule has 3 aromatic rings. The summed E-state index contributed by atoms with van der Waals surface area (Å²) < 4.78 is 0. The number of anilines is 1. The van der Waals surface area contributed by atoms with E-state index in [4.69, 9.17) is 0 Å². The van der Waals surface area contributed by atoms with Crippen LogP contribution < -0.4 is 4.90 Å². The molecule has 2 heterocycles. The van der Waals surface area contributed by atoms with E-state index in [0.717, 1.165) is 43.3 Å². The molecule has 1 amide bonds. The van der Waals surface area contributed by atoms with E-state index in [0.29, 0.717) is 0 Å². The maximum Gasteiger partial charge on any atom is 0.253 e. The Hall–Kier alpha value is -2.66. The van der Waals surface area contributed by atoms with Crippen molar-refractivity contribution in [3.8, 4) is 10.4 Å². The van der Waals surface area contributed by atoms with E-state index < -0.39 is 0 Å². The molecule has 26 heavy (non-hydrogen) atoms. The molecule has 1 fully saturated rings. The van der Waals surface area contributed by atoms with Crippen LogP contribution in [0.15, 0.2) is 66.9 Å². The largest absolute Gasteiger partial charge is 0.346 e. The molecule has 0 aliphatic carbocycles. The average molecular weight is 363 g/mol. The van der Waals surface area contributed by atoms with Gasteiger partial charge in [-0.2, -0.15) is 0 Å².